The van der Waals surface area contributed by atoms with Crippen LogP contribution in [0.15, 0.2) is 48.5 Å². The predicted octanol–water partition coefficient (Wildman–Crippen LogP) is 3.83. The summed E-state index contributed by atoms with van der Waals surface area (Å²) in [6.07, 6.45) is 0. The molecule has 9 heteroatoms. The van der Waals surface area contributed by atoms with E-state index in [1.165, 1.54) is 6.07 Å². The van der Waals surface area contributed by atoms with Gasteiger partial charge in [-0.2, -0.15) is 5.10 Å². The van der Waals surface area contributed by atoms with Crippen molar-refractivity contribution in [2.45, 2.75) is 20.8 Å². The number of para-hydroxylation sites is 1. The van der Waals surface area contributed by atoms with Crippen LogP contribution in [0.1, 0.15) is 39.0 Å². The number of nitrogens with zero attached hydrogens (tertiary/aromatic N) is 3. The van der Waals surface area contributed by atoms with Crippen LogP contribution < -0.4 is 5.32 Å². The molecule has 0 atom stereocenters. The lowest BCUT2D eigenvalue weighted by molar-refractivity contribution is -0.384. The third-order valence-corrected chi connectivity index (χ3v) is 4.43. The number of esters is 1. The Balaban J connectivity index is 1.96. The van der Waals surface area contributed by atoms with Gasteiger partial charge in [-0.25, -0.2) is 9.48 Å². The van der Waals surface area contributed by atoms with E-state index in [4.69, 9.17) is 4.74 Å². The van der Waals surface area contributed by atoms with E-state index in [0.717, 1.165) is 17.8 Å². The number of hydrogen-bond acceptors (Lipinski definition) is 6. The lowest BCUT2D eigenvalue weighted by Gasteiger charge is -2.09. The Morgan fingerprint density at radius 1 is 1.13 bits per heavy atom. The van der Waals surface area contributed by atoms with E-state index in [1.807, 2.05) is 30.3 Å². The summed E-state index contributed by atoms with van der Waals surface area (Å²) in [5, 5.41) is 18.5. The highest BCUT2D eigenvalue weighted by Crippen LogP contribution is 2.25. The van der Waals surface area contributed by atoms with Gasteiger partial charge in [-0.1, -0.05) is 18.2 Å². The minimum absolute atomic E-state index is 0.0292. The molecule has 1 amide bonds. The average molecular weight is 408 g/mol. The van der Waals surface area contributed by atoms with Crippen molar-refractivity contribution >= 4 is 23.3 Å². The second-order valence-corrected chi connectivity index (χ2v) is 6.49. The maximum atomic E-state index is 12.8. The van der Waals surface area contributed by atoms with Gasteiger partial charge in [-0.3, -0.25) is 14.9 Å². The van der Waals surface area contributed by atoms with E-state index in [1.54, 1.807) is 25.5 Å². The Hall–Kier alpha value is -4.01. The molecule has 3 aromatic rings. The van der Waals surface area contributed by atoms with Gasteiger partial charge in [0.15, 0.2) is 0 Å². The number of amides is 1. The van der Waals surface area contributed by atoms with E-state index in [-0.39, 0.29) is 23.4 Å². The number of hydrogen-bond donors (Lipinski definition) is 1. The lowest BCUT2D eigenvalue weighted by Crippen LogP contribution is -2.15. The molecule has 1 heterocycles. The van der Waals surface area contributed by atoms with Crippen LogP contribution >= 0.6 is 0 Å². The maximum absolute atomic E-state index is 12.8. The third-order valence-electron chi connectivity index (χ3n) is 4.43. The topological polar surface area (TPSA) is 116 Å². The number of nitrogens with one attached hydrogen (secondary N) is 1. The molecule has 0 aliphatic heterocycles. The van der Waals surface area contributed by atoms with Gasteiger partial charge >= 0.3 is 5.97 Å². The van der Waals surface area contributed by atoms with Crippen molar-refractivity contribution in [1.29, 1.82) is 0 Å². The summed E-state index contributed by atoms with van der Waals surface area (Å²) in [6.45, 7) is 5.29. The first-order valence-electron chi connectivity index (χ1n) is 9.21. The predicted molar refractivity (Wildman–Crippen MR) is 110 cm³/mol. The van der Waals surface area contributed by atoms with Crippen molar-refractivity contribution in [3.63, 3.8) is 0 Å². The van der Waals surface area contributed by atoms with Crippen LogP contribution in [0.2, 0.25) is 0 Å². The molecule has 0 bridgehead atoms. The Kier molecular flexibility index (Phi) is 5.91. The molecule has 0 unspecified atom stereocenters. The fourth-order valence-electron chi connectivity index (χ4n) is 3.01. The smallest absolute Gasteiger partial charge is 0.338 e. The molecular weight excluding hydrogens is 388 g/mol. The van der Waals surface area contributed by atoms with Crippen molar-refractivity contribution in [2.24, 2.45) is 0 Å². The van der Waals surface area contributed by atoms with Crippen molar-refractivity contribution in [1.82, 2.24) is 9.78 Å². The van der Waals surface area contributed by atoms with Crippen LogP contribution in [0.25, 0.3) is 5.69 Å². The molecule has 30 heavy (non-hydrogen) atoms. The molecule has 9 nitrogen and oxygen atoms in total. The highest BCUT2D eigenvalue weighted by molar-refractivity contribution is 6.06. The summed E-state index contributed by atoms with van der Waals surface area (Å²) in [4.78, 5) is 35.5. The number of carbonyl (C=O) groups is 2. The third kappa shape index (κ3) is 4.19. The Morgan fingerprint density at radius 3 is 2.43 bits per heavy atom. The standard InChI is InChI=1S/C21H20N4O5/c1-4-30-21(27)16-10-15(11-18(12-16)25(28)29)20(26)22-19-13(2)23-24(14(19)3)17-8-6-5-7-9-17/h5-12H,4H2,1-3H3,(H,22,26). The van der Waals surface area contributed by atoms with E-state index >= 15 is 0 Å². The number of benzene rings is 2. The van der Waals surface area contributed by atoms with Crippen molar-refractivity contribution in [3.05, 3.63) is 81.2 Å². The molecule has 0 saturated carbocycles. The minimum Gasteiger partial charge on any atom is -0.462 e. The summed E-state index contributed by atoms with van der Waals surface area (Å²) in [6, 6.07) is 12.9. The normalized spacial score (nSPS) is 10.5. The van der Waals surface area contributed by atoms with Crippen LogP contribution in [-0.2, 0) is 4.74 Å². The first-order chi connectivity index (χ1) is 14.3. The number of rotatable bonds is 6. The van der Waals surface area contributed by atoms with Crippen LogP contribution in [0.5, 0.6) is 0 Å². The number of non-ortho nitro benzene ring substituents is 1. The highest BCUT2D eigenvalue weighted by atomic mass is 16.6. The van der Waals surface area contributed by atoms with Crippen molar-refractivity contribution < 1.29 is 19.2 Å². The van der Waals surface area contributed by atoms with Gasteiger partial charge in [0.05, 0.1) is 39.9 Å². The summed E-state index contributed by atoms with van der Waals surface area (Å²) >= 11 is 0. The van der Waals surface area contributed by atoms with Crippen molar-refractivity contribution in [3.8, 4) is 5.69 Å². The SMILES string of the molecule is CCOC(=O)c1cc(C(=O)Nc2c(C)nn(-c3ccccc3)c2C)cc([N+](=O)[O-])c1. The highest BCUT2D eigenvalue weighted by Gasteiger charge is 2.21. The molecule has 0 radical (unpaired) electrons. The van der Waals surface area contributed by atoms with Gasteiger partial charge in [-0.05, 0) is 39.0 Å². The zero-order valence-electron chi connectivity index (χ0n) is 16.7. The molecule has 2 aromatic carbocycles. The molecule has 0 saturated heterocycles. The number of ether oxygens (including phenoxy) is 1. The van der Waals surface area contributed by atoms with E-state index < -0.39 is 16.8 Å². The van der Waals surface area contributed by atoms with Crippen molar-refractivity contribution in [2.75, 3.05) is 11.9 Å². The molecular formula is C21H20N4O5. The first-order valence-corrected chi connectivity index (χ1v) is 9.21. The fourth-order valence-corrected chi connectivity index (χ4v) is 3.01. The zero-order chi connectivity index (χ0) is 21.8. The average Bonchev–Trinajstić information content (AvgIpc) is 3.02. The molecule has 3 rings (SSSR count). The molecule has 0 spiro atoms. The number of nitro groups is 1. The van der Waals surface area contributed by atoms with Crippen LogP contribution in [-0.4, -0.2) is 33.2 Å². The quantitative estimate of drug-likeness (QED) is 0.376. The Morgan fingerprint density at radius 2 is 1.80 bits per heavy atom. The molecule has 154 valence electrons. The summed E-state index contributed by atoms with van der Waals surface area (Å²) in [7, 11) is 0. The second kappa shape index (κ2) is 8.56. The lowest BCUT2D eigenvalue weighted by atomic mass is 10.1. The van der Waals surface area contributed by atoms with Crippen LogP contribution in [0.4, 0.5) is 11.4 Å². The van der Waals surface area contributed by atoms with Crippen LogP contribution in [0, 0.1) is 24.0 Å². The van der Waals surface area contributed by atoms with Gasteiger partial charge in [0.1, 0.15) is 0 Å². The molecule has 0 fully saturated rings. The number of aryl methyl sites for hydroxylation is 1. The number of aromatic nitrogens is 2. The van der Waals surface area contributed by atoms with Gasteiger partial charge in [0, 0.05) is 17.7 Å². The fraction of sp³-hybridized carbons (Fsp3) is 0.190. The van der Waals surface area contributed by atoms with E-state index in [2.05, 4.69) is 10.4 Å². The maximum Gasteiger partial charge on any atom is 0.338 e. The van der Waals surface area contributed by atoms with Crippen LogP contribution in [0.3, 0.4) is 0 Å². The zero-order valence-corrected chi connectivity index (χ0v) is 16.7. The molecule has 1 aromatic heterocycles. The van der Waals surface area contributed by atoms with E-state index in [0.29, 0.717) is 17.1 Å². The number of nitro benzene ring substituents is 1. The first kappa shape index (κ1) is 20.7. The van der Waals surface area contributed by atoms with Gasteiger partial charge in [-0.15, -0.1) is 0 Å². The Bertz CT molecular complexity index is 1120. The van der Waals surface area contributed by atoms with E-state index in [9.17, 15) is 19.7 Å². The summed E-state index contributed by atoms with van der Waals surface area (Å²) in [5.41, 5.74) is 2.14. The number of carbonyl (C=O) groups excluding carboxylic acids is 2. The monoisotopic (exact) mass is 408 g/mol. The van der Waals surface area contributed by atoms with Gasteiger partial charge < -0.3 is 10.1 Å². The van der Waals surface area contributed by atoms with Gasteiger partial charge in [0.25, 0.3) is 11.6 Å². The largest absolute Gasteiger partial charge is 0.462 e. The van der Waals surface area contributed by atoms with Gasteiger partial charge in [0.2, 0.25) is 0 Å². The molecule has 1 N–H and O–H groups in total. The number of anilines is 1. The summed E-state index contributed by atoms with van der Waals surface area (Å²) < 4.78 is 6.60. The molecule has 0 aliphatic rings. The minimum atomic E-state index is -0.737. The second-order valence-electron chi connectivity index (χ2n) is 6.49. The molecule has 0 aliphatic carbocycles. The Labute approximate surface area is 172 Å². The summed E-state index contributed by atoms with van der Waals surface area (Å²) in [5.74, 6) is -1.33.